The monoisotopic (exact) mass is 492 g/mol. The Morgan fingerprint density at radius 3 is 2.68 bits per heavy atom. The van der Waals surface area contributed by atoms with Crippen LogP contribution in [0.1, 0.15) is 37.6 Å². The van der Waals surface area contributed by atoms with Crippen LogP contribution in [0.4, 0.5) is 0 Å². The van der Waals surface area contributed by atoms with Gasteiger partial charge in [-0.05, 0) is 49.6 Å². The summed E-state index contributed by atoms with van der Waals surface area (Å²) in [6.45, 7) is 6.25. The molecule has 5 aromatic rings. The van der Waals surface area contributed by atoms with E-state index in [2.05, 4.69) is 5.10 Å². The number of halogens is 1. The molecular weight excluding hydrogens is 472 g/mol. The summed E-state index contributed by atoms with van der Waals surface area (Å²) in [6, 6.07) is 14.6. The number of esters is 1. The van der Waals surface area contributed by atoms with E-state index in [1.807, 2.05) is 61.9 Å². The standard InChI is InChI=1S/C26H21ClN2O4S/c1-14-8-9-19-18(10-23(30)33-24(19)15(14)2)13-32-26(31)22-11-20-16(3)28-29(25(20)34-22)12-17-6-4-5-7-21(17)27/h4-11H,12-13H2,1-3H3. The van der Waals surface area contributed by atoms with Crippen LogP contribution in [0.15, 0.2) is 57.7 Å². The molecule has 0 atom stereocenters. The Bertz CT molecular complexity index is 1630. The van der Waals surface area contributed by atoms with Crippen molar-refractivity contribution in [1.82, 2.24) is 9.78 Å². The van der Waals surface area contributed by atoms with Crippen molar-refractivity contribution in [2.75, 3.05) is 0 Å². The molecule has 6 nitrogen and oxygen atoms in total. The second-order valence-corrected chi connectivity index (χ2v) is 9.65. The molecule has 0 radical (unpaired) electrons. The Hall–Kier alpha value is -3.42. The maximum Gasteiger partial charge on any atom is 0.348 e. The number of rotatable bonds is 5. The van der Waals surface area contributed by atoms with Crippen LogP contribution >= 0.6 is 22.9 Å². The zero-order valence-corrected chi connectivity index (χ0v) is 20.4. The van der Waals surface area contributed by atoms with Gasteiger partial charge < -0.3 is 9.15 Å². The van der Waals surface area contributed by atoms with Gasteiger partial charge in [0, 0.05) is 27.4 Å². The van der Waals surface area contributed by atoms with Crippen LogP contribution in [0.2, 0.25) is 5.02 Å². The van der Waals surface area contributed by atoms with Gasteiger partial charge in [0.05, 0.1) is 12.2 Å². The summed E-state index contributed by atoms with van der Waals surface area (Å²) >= 11 is 7.64. The van der Waals surface area contributed by atoms with Gasteiger partial charge in [0.25, 0.3) is 0 Å². The van der Waals surface area contributed by atoms with Crippen molar-refractivity contribution in [3.63, 3.8) is 0 Å². The van der Waals surface area contributed by atoms with Gasteiger partial charge in [0.1, 0.15) is 21.9 Å². The van der Waals surface area contributed by atoms with Crippen LogP contribution in [-0.4, -0.2) is 15.7 Å². The molecule has 0 unspecified atom stereocenters. The van der Waals surface area contributed by atoms with Gasteiger partial charge in [-0.25, -0.2) is 9.59 Å². The second-order valence-electron chi connectivity index (χ2n) is 8.21. The average molecular weight is 493 g/mol. The van der Waals surface area contributed by atoms with Gasteiger partial charge in [-0.1, -0.05) is 41.9 Å². The SMILES string of the molecule is Cc1ccc2c(COC(=O)c3cc4c(C)nn(Cc5ccccc5Cl)c4s3)cc(=O)oc2c1C. The van der Waals surface area contributed by atoms with E-state index in [0.29, 0.717) is 27.6 Å². The first-order valence-electron chi connectivity index (χ1n) is 10.7. The summed E-state index contributed by atoms with van der Waals surface area (Å²) in [6.07, 6.45) is 0. The minimum absolute atomic E-state index is 0.0254. The highest BCUT2D eigenvalue weighted by molar-refractivity contribution is 7.20. The quantitative estimate of drug-likeness (QED) is 0.216. The van der Waals surface area contributed by atoms with E-state index in [9.17, 15) is 9.59 Å². The highest BCUT2D eigenvalue weighted by atomic mass is 35.5. The van der Waals surface area contributed by atoms with Crippen molar-refractivity contribution >= 4 is 50.1 Å². The number of thiophene rings is 1. The maximum absolute atomic E-state index is 12.9. The fourth-order valence-corrected chi connectivity index (χ4v) is 5.22. The molecule has 0 bridgehead atoms. The third-order valence-corrected chi connectivity index (χ3v) is 7.46. The number of hydrogen-bond acceptors (Lipinski definition) is 6. The van der Waals surface area contributed by atoms with E-state index in [4.69, 9.17) is 20.8 Å². The number of fused-ring (bicyclic) bond motifs is 2. The largest absolute Gasteiger partial charge is 0.457 e. The number of carbonyl (C=O) groups is 1. The minimum Gasteiger partial charge on any atom is -0.457 e. The van der Waals surface area contributed by atoms with Gasteiger partial charge >= 0.3 is 11.6 Å². The Morgan fingerprint density at radius 1 is 1.09 bits per heavy atom. The normalized spacial score (nSPS) is 11.4. The van der Waals surface area contributed by atoms with Crippen molar-refractivity contribution in [3.8, 4) is 0 Å². The Morgan fingerprint density at radius 2 is 1.88 bits per heavy atom. The van der Waals surface area contributed by atoms with Crippen molar-refractivity contribution < 1.29 is 13.9 Å². The fourth-order valence-electron chi connectivity index (χ4n) is 3.97. The van der Waals surface area contributed by atoms with E-state index in [-0.39, 0.29) is 6.61 Å². The molecule has 34 heavy (non-hydrogen) atoms. The molecule has 2 aromatic carbocycles. The lowest BCUT2D eigenvalue weighted by atomic mass is 10.0. The van der Waals surface area contributed by atoms with Crippen LogP contribution in [0.3, 0.4) is 0 Å². The van der Waals surface area contributed by atoms with E-state index in [1.54, 1.807) is 6.07 Å². The van der Waals surface area contributed by atoms with Gasteiger partial charge in [0.15, 0.2) is 0 Å². The number of carbonyl (C=O) groups excluding carboxylic acids is 1. The number of nitrogens with zero attached hydrogens (tertiary/aromatic N) is 2. The first-order valence-corrected chi connectivity index (χ1v) is 11.9. The molecule has 0 fully saturated rings. The summed E-state index contributed by atoms with van der Waals surface area (Å²) in [4.78, 5) is 26.3. The summed E-state index contributed by atoms with van der Waals surface area (Å²) in [7, 11) is 0. The predicted octanol–water partition coefficient (Wildman–Crippen LogP) is 6.19. The lowest BCUT2D eigenvalue weighted by Crippen LogP contribution is -2.07. The average Bonchev–Trinajstić information content (AvgIpc) is 3.37. The Kier molecular flexibility index (Phi) is 5.75. The Balaban J connectivity index is 1.41. The summed E-state index contributed by atoms with van der Waals surface area (Å²) in [5.74, 6) is -0.449. The zero-order valence-electron chi connectivity index (χ0n) is 18.8. The fraction of sp³-hybridized carbons (Fsp3) is 0.192. The van der Waals surface area contributed by atoms with Crippen LogP contribution < -0.4 is 5.63 Å². The highest BCUT2D eigenvalue weighted by Gasteiger charge is 2.19. The van der Waals surface area contributed by atoms with E-state index < -0.39 is 11.6 Å². The number of hydrogen-bond donors (Lipinski definition) is 0. The molecule has 172 valence electrons. The third-order valence-electron chi connectivity index (χ3n) is 5.96. The first kappa shape index (κ1) is 22.4. The molecule has 0 saturated carbocycles. The predicted molar refractivity (Wildman–Crippen MR) is 134 cm³/mol. The number of benzene rings is 2. The van der Waals surface area contributed by atoms with Crippen molar-refractivity contribution in [2.24, 2.45) is 0 Å². The number of ether oxygens (including phenoxy) is 1. The lowest BCUT2D eigenvalue weighted by molar-refractivity contribution is 0.0479. The molecular formula is C26H21ClN2O4S. The third kappa shape index (κ3) is 4.02. The second kappa shape index (κ2) is 8.74. The van der Waals surface area contributed by atoms with E-state index in [1.165, 1.54) is 17.4 Å². The lowest BCUT2D eigenvalue weighted by Gasteiger charge is -2.09. The molecule has 3 aromatic heterocycles. The Labute approximate surface area is 204 Å². The maximum atomic E-state index is 12.9. The summed E-state index contributed by atoms with van der Waals surface area (Å²) < 4.78 is 12.9. The molecule has 3 heterocycles. The van der Waals surface area contributed by atoms with Crippen LogP contribution in [0.25, 0.3) is 21.2 Å². The summed E-state index contributed by atoms with van der Waals surface area (Å²) in [5.41, 5.74) is 4.37. The van der Waals surface area contributed by atoms with Crippen molar-refractivity contribution in [2.45, 2.75) is 33.9 Å². The van der Waals surface area contributed by atoms with Crippen molar-refractivity contribution in [3.05, 3.63) is 96.8 Å². The topological polar surface area (TPSA) is 74.3 Å². The van der Waals surface area contributed by atoms with Crippen LogP contribution in [-0.2, 0) is 17.9 Å². The van der Waals surface area contributed by atoms with E-state index >= 15 is 0 Å². The molecule has 0 aliphatic rings. The molecule has 0 aliphatic carbocycles. The van der Waals surface area contributed by atoms with Crippen LogP contribution in [0, 0.1) is 20.8 Å². The highest BCUT2D eigenvalue weighted by Crippen LogP contribution is 2.31. The zero-order chi connectivity index (χ0) is 24.0. The first-order chi connectivity index (χ1) is 16.3. The van der Waals surface area contributed by atoms with Crippen molar-refractivity contribution in [1.29, 1.82) is 0 Å². The van der Waals surface area contributed by atoms with Gasteiger partial charge in [0.2, 0.25) is 0 Å². The molecule has 0 spiro atoms. The van der Waals surface area contributed by atoms with Gasteiger partial charge in [-0.15, -0.1) is 11.3 Å². The molecule has 0 N–H and O–H groups in total. The minimum atomic E-state index is -0.468. The number of aryl methyl sites for hydroxylation is 3. The smallest absolute Gasteiger partial charge is 0.348 e. The van der Waals surface area contributed by atoms with Gasteiger partial charge in [-0.3, -0.25) is 4.68 Å². The summed E-state index contributed by atoms with van der Waals surface area (Å²) in [5, 5.41) is 6.95. The van der Waals surface area contributed by atoms with Crippen LogP contribution in [0.5, 0.6) is 0 Å². The molecule has 0 aliphatic heterocycles. The van der Waals surface area contributed by atoms with E-state index in [0.717, 1.165) is 38.0 Å². The molecule has 8 heteroatoms. The molecule has 0 saturated heterocycles. The number of aromatic nitrogens is 2. The molecule has 5 rings (SSSR count). The van der Waals surface area contributed by atoms with Gasteiger partial charge in [-0.2, -0.15) is 5.10 Å². The molecule has 0 amide bonds.